The zero-order valence-corrected chi connectivity index (χ0v) is 18.2. The summed E-state index contributed by atoms with van der Waals surface area (Å²) in [5, 5.41) is 9.77. The number of imidazole rings is 1. The SMILES string of the molecule is Cc1c(C(=O)O)cc2cc(-c3nccn3C)cn2c1C(C)N1CCN(CC(F)(F)F)CC1. The molecule has 32 heavy (non-hydrogen) atoms. The van der Waals surface area contributed by atoms with Crippen molar-refractivity contribution in [2.45, 2.75) is 26.1 Å². The molecule has 0 aromatic carbocycles. The smallest absolute Gasteiger partial charge is 0.401 e. The number of carboxylic acid groups (broad SMARTS) is 1. The van der Waals surface area contributed by atoms with Crippen LogP contribution in [0.2, 0.25) is 0 Å². The number of pyridine rings is 1. The molecule has 1 aliphatic heterocycles. The van der Waals surface area contributed by atoms with Gasteiger partial charge in [0.1, 0.15) is 5.82 Å². The van der Waals surface area contributed by atoms with E-state index >= 15 is 0 Å². The molecule has 0 aliphatic carbocycles. The summed E-state index contributed by atoms with van der Waals surface area (Å²) in [5.74, 6) is -0.240. The van der Waals surface area contributed by atoms with Gasteiger partial charge in [-0.25, -0.2) is 9.78 Å². The fourth-order valence-corrected chi connectivity index (χ4v) is 4.61. The number of halogens is 3. The second kappa shape index (κ2) is 8.25. The third-order valence-electron chi connectivity index (χ3n) is 6.25. The number of hydrogen-bond donors (Lipinski definition) is 1. The van der Waals surface area contributed by atoms with Gasteiger partial charge in [-0.2, -0.15) is 13.2 Å². The molecule has 3 aromatic heterocycles. The molecular formula is C22H26F3N5O2. The molecule has 0 amide bonds. The molecule has 3 aromatic rings. The molecule has 1 N–H and O–H groups in total. The van der Waals surface area contributed by atoms with Crippen molar-refractivity contribution < 1.29 is 23.1 Å². The highest BCUT2D eigenvalue weighted by molar-refractivity contribution is 5.91. The van der Waals surface area contributed by atoms with Crippen LogP contribution < -0.4 is 0 Å². The van der Waals surface area contributed by atoms with Crippen LogP contribution in [0.4, 0.5) is 13.2 Å². The zero-order valence-electron chi connectivity index (χ0n) is 18.2. The van der Waals surface area contributed by atoms with Gasteiger partial charge in [0, 0.05) is 74.6 Å². The van der Waals surface area contributed by atoms with E-state index in [1.807, 2.05) is 41.4 Å². The van der Waals surface area contributed by atoms with Crippen LogP contribution in [0.1, 0.15) is 34.6 Å². The van der Waals surface area contributed by atoms with Crippen LogP contribution in [0, 0.1) is 6.92 Å². The molecule has 10 heteroatoms. The molecule has 4 heterocycles. The summed E-state index contributed by atoms with van der Waals surface area (Å²) in [4.78, 5) is 19.8. The number of alkyl halides is 3. The van der Waals surface area contributed by atoms with E-state index in [0.717, 1.165) is 22.6 Å². The van der Waals surface area contributed by atoms with Gasteiger partial charge in [0.2, 0.25) is 0 Å². The van der Waals surface area contributed by atoms with Crippen molar-refractivity contribution in [2.75, 3.05) is 32.7 Å². The van der Waals surface area contributed by atoms with Gasteiger partial charge in [-0.05, 0) is 31.5 Å². The Balaban J connectivity index is 1.70. The summed E-state index contributed by atoms with van der Waals surface area (Å²) in [7, 11) is 1.89. The Morgan fingerprint density at radius 3 is 2.47 bits per heavy atom. The highest BCUT2D eigenvalue weighted by Crippen LogP contribution is 2.32. The maximum Gasteiger partial charge on any atom is 0.401 e. The van der Waals surface area contributed by atoms with Crippen molar-refractivity contribution in [3.05, 3.63) is 47.5 Å². The van der Waals surface area contributed by atoms with E-state index < -0.39 is 18.7 Å². The van der Waals surface area contributed by atoms with Crippen molar-refractivity contribution in [3.63, 3.8) is 0 Å². The molecule has 4 rings (SSSR count). The van der Waals surface area contributed by atoms with Gasteiger partial charge in [0.05, 0.1) is 12.1 Å². The van der Waals surface area contributed by atoms with Crippen molar-refractivity contribution >= 4 is 11.5 Å². The summed E-state index contributed by atoms with van der Waals surface area (Å²) in [6.07, 6.45) is 1.28. The van der Waals surface area contributed by atoms with E-state index in [9.17, 15) is 23.1 Å². The molecule has 7 nitrogen and oxygen atoms in total. The minimum atomic E-state index is -4.21. The molecule has 1 fully saturated rings. The number of aryl methyl sites for hydroxylation is 1. The molecule has 0 spiro atoms. The van der Waals surface area contributed by atoms with E-state index in [1.54, 1.807) is 19.2 Å². The van der Waals surface area contributed by atoms with E-state index in [0.29, 0.717) is 31.7 Å². The number of carboxylic acids is 1. The van der Waals surface area contributed by atoms with Crippen LogP contribution >= 0.6 is 0 Å². The van der Waals surface area contributed by atoms with Crippen molar-refractivity contribution in [3.8, 4) is 11.4 Å². The molecule has 172 valence electrons. The van der Waals surface area contributed by atoms with Crippen LogP contribution in [-0.4, -0.2) is 73.7 Å². The Morgan fingerprint density at radius 1 is 1.22 bits per heavy atom. The number of fused-ring (bicyclic) bond motifs is 1. The molecular weight excluding hydrogens is 423 g/mol. The lowest BCUT2D eigenvalue weighted by atomic mass is 10.0. The molecule has 1 saturated heterocycles. The largest absolute Gasteiger partial charge is 0.478 e. The van der Waals surface area contributed by atoms with Gasteiger partial charge in [0.25, 0.3) is 0 Å². The summed E-state index contributed by atoms with van der Waals surface area (Å²) >= 11 is 0. The number of aromatic carboxylic acids is 1. The predicted molar refractivity (Wildman–Crippen MR) is 114 cm³/mol. The Kier molecular flexibility index (Phi) is 5.76. The highest BCUT2D eigenvalue weighted by Gasteiger charge is 2.33. The van der Waals surface area contributed by atoms with Gasteiger partial charge in [-0.3, -0.25) is 9.80 Å². The van der Waals surface area contributed by atoms with Gasteiger partial charge in [0.15, 0.2) is 0 Å². The average molecular weight is 449 g/mol. The van der Waals surface area contributed by atoms with E-state index in [1.165, 1.54) is 4.90 Å². The lowest BCUT2D eigenvalue weighted by Crippen LogP contribution is -2.49. The number of nitrogens with zero attached hydrogens (tertiary/aromatic N) is 5. The quantitative estimate of drug-likeness (QED) is 0.645. The lowest BCUT2D eigenvalue weighted by Gasteiger charge is -2.39. The average Bonchev–Trinajstić information content (AvgIpc) is 3.31. The fraction of sp³-hybridized carbons (Fsp3) is 0.455. The lowest BCUT2D eigenvalue weighted by molar-refractivity contribution is -0.149. The number of aromatic nitrogens is 3. The Labute approximate surface area is 183 Å². The topological polar surface area (TPSA) is 66.0 Å². The summed E-state index contributed by atoms with van der Waals surface area (Å²) in [6, 6.07) is 3.39. The van der Waals surface area contributed by atoms with Crippen LogP contribution in [0.25, 0.3) is 16.9 Å². The third-order valence-corrected chi connectivity index (χ3v) is 6.25. The molecule has 1 aliphatic rings. The van der Waals surface area contributed by atoms with Crippen LogP contribution in [0.15, 0.2) is 30.7 Å². The van der Waals surface area contributed by atoms with Gasteiger partial charge in [-0.15, -0.1) is 0 Å². The first-order valence-corrected chi connectivity index (χ1v) is 10.4. The molecule has 1 unspecified atom stereocenters. The van der Waals surface area contributed by atoms with E-state index in [2.05, 4.69) is 9.88 Å². The Bertz CT molecular complexity index is 1140. The molecule has 1 atom stereocenters. The van der Waals surface area contributed by atoms with Crippen molar-refractivity contribution in [2.24, 2.45) is 7.05 Å². The van der Waals surface area contributed by atoms with E-state index in [-0.39, 0.29) is 11.6 Å². The molecule has 0 radical (unpaired) electrons. The number of piperazine rings is 1. The molecule has 0 bridgehead atoms. The normalized spacial score (nSPS) is 17.2. The zero-order chi connectivity index (χ0) is 23.2. The van der Waals surface area contributed by atoms with Gasteiger partial charge in [-0.1, -0.05) is 0 Å². The predicted octanol–water partition coefficient (Wildman–Crippen LogP) is 3.59. The minimum absolute atomic E-state index is 0.175. The summed E-state index contributed by atoms with van der Waals surface area (Å²) < 4.78 is 42.1. The first kappa shape index (κ1) is 22.3. The Morgan fingerprint density at radius 2 is 1.91 bits per heavy atom. The second-order valence-electron chi connectivity index (χ2n) is 8.36. The second-order valence-corrected chi connectivity index (χ2v) is 8.36. The van der Waals surface area contributed by atoms with Crippen LogP contribution in [0.3, 0.4) is 0 Å². The minimum Gasteiger partial charge on any atom is -0.478 e. The Hall–Kier alpha value is -2.85. The highest BCUT2D eigenvalue weighted by atomic mass is 19.4. The van der Waals surface area contributed by atoms with Crippen molar-refractivity contribution in [1.29, 1.82) is 0 Å². The first-order chi connectivity index (χ1) is 15.0. The maximum atomic E-state index is 12.7. The monoisotopic (exact) mass is 449 g/mol. The maximum absolute atomic E-state index is 12.7. The van der Waals surface area contributed by atoms with E-state index in [4.69, 9.17) is 0 Å². The van der Waals surface area contributed by atoms with Crippen molar-refractivity contribution in [1.82, 2.24) is 23.8 Å². The third kappa shape index (κ3) is 4.24. The van der Waals surface area contributed by atoms with Gasteiger partial charge >= 0.3 is 12.1 Å². The number of hydrogen-bond acceptors (Lipinski definition) is 4. The van der Waals surface area contributed by atoms with Gasteiger partial charge < -0.3 is 14.1 Å². The standard InChI is InChI=1S/C22H26F3N5O2/c1-14-18(21(31)32)11-17-10-16(20-26-4-5-27(20)3)12-30(17)19(14)15(2)29-8-6-28(7-9-29)13-22(23,24)25/h4-5,10-12,15H,6-9,13H2,1-3H3,(H,31,32). The summed E-state index contributed by atoms with van der Waals surface area (Å²) in [6.45, 7) is 4.44. The first-order valence-electron chi connectivity index (χ1n) is 10.4. The van der Waals surface area contributed by atoms with Crippen LogP contribution in [-0.2, 0) is 7.05 Å². The fourth-order valence-electron chi connectivity index (χ4n) is 4.61. The molecule has 0 saturated carbocycles. The number of rotatable bonds is 5. The number of carbonyl (C=O) groups is 1. The summed E-state index contributed by atoms with van der Waals surface area (Å²) in [5.41, 5.74) is 3.30. The van der Waals surface area contributed by atoms with Crippen LogP contribution in [0.5, 0.6) is 0 Å².